The van der Waals surface area contributed by atoms with Crippen LogP contribution < -0.4 is 45.3 Å². The van der Waals surface area contributed by atoms with Crippen molar-refractivity contribution >= 4 is 161 Å². The average molecular weight is 2250 g/mol. The number of hydrogen-bond acceptors (Lipinski definition) is 34. The fourth-order valence-corrected chi connectivity index (χ4v) is 29.1. The van der Waals surface area contributed by atoms with Crippen molar-refractivity contribution in [1.29, 1.82) is 5.26 Å². The van der Waals surface area contributed by atoms with E-state index >= 15 is 0 Å². The molecule has 772 valence electrons. The minimum Gasteiger partial charge on any atom is -0.448 e. The Bertz CT molecular complexity index is 7730. The largest absolute Gasteiger partial charge is 0.448 e. The van der Waals surface area contributed by atoms with Gasteiger partial charge in [-0.05, 0) is 178 Å². The lowest BCUT2D eigenvalue weighted by Gasteiger charge is -2.12. The quantitative estimate of drug-likeness (QED) is 0.0207. The molecule has 14 rings (SSSR count). The molecule has 1 unspecified atom stereocenters. The van der Waals surface area contributed by atoms with Crippen LogP contribution in [0.3, 0.4) is 0 Å². The average Bonchev–Trinajstić information content (AvgIpc) is 1.31. The number of aromatic nitrogens is 13. The highest BCUT2D eigenvalue weighted by molar-refractivity contribution is 7.95. The molecule has 0 aliphatic carbocycles. The zero-order chi connectivity index (χ0) is 107. The zero-order valence-corrected chi connectivity index (χ0v) is 92.1. The monoisotopic (exact) mass is 2250 g/mol. The molecule has 143 heavy (non-hydrogen) atoms. The van der Waals surface area contributed by atoms with Gasteiger partial charge in [-0.15, -0.1) is 53.3 Å². The van der Waals surface area contributed by atoms with Crippen LogP contribution in [-0.4, -0.2) is 127 Å². The molecule has 8 heterocycles. The van der Waals surface area contributed by atoms with E-state index in [-0.39, 0.29) is 122 Å². The maximum atomic E-state index is 13.0. The molecule has 0 saturated heterocycles. The summed E-state index contributed by atoms with van der Waals surface area (Å²) in [7, 11) is -22.2. The molecule has 0 amide bonds. The maximum absolute atomic E-state index is 13.0. The van der Waals surface area contributed by atoms with E-state index < -0.39 is 79.8 Å². The number of imidazole rings is 2. The molecule has 0 spiro atoms. The molecule has 1 atom stereocenters. The number of hydrogen-bond donors (Lipinski definition) is 8. The van der Waals surface area contributed by atoms with Crippen LogP contribution in [0, 0.1) is 44.9 Å². The number of nitrogens with zero attached hydrogens (tertiary/aromatic N) is 14. The predicted molar refractivity (Wildman–Crippen MR) is 551 cm³/mol. The van der Waals surface area contributed by atoms with Crippen LogP contribution in [0.1, 0.15) is 156 Å². The molecule has 0 radical (unpaired) electrons. The Morgan fingerprint density at radius 2 is 0.874 bits per heavy atom. The Balaban J connectivity index is 0.000000204. The number of halogens is 5. The lowest BCUT2D eigenvalue weighted by atomic mass is 10.1. The molecule has 0 aliphatic rings. The van der Waals surface area contributed by atoms with Crippen molar-refractivity contribution < 1.29 is 67.6 Å². The highest BCUT2D eigenvalue weighted by atomic mass is 35.5. The van der Waals surface area contributed by atoms with E-state index in [2.05, 4.69) is 40.6 Å². The summed E-state index contributed by atoms with van der Waals surface area (Å²) in [5, 5.41) is 39.1. The summed E-state index contributed by atoms with van der Waals surface area (Å²) in [4.78, 5) is 10.5. The standard InChI is InChI=1S/C15H19N5O2S.C14H17Cl2N3O2S.C14H17Cl2N3OS.C14H20N4O2S.C13H18N4O2S.C11H10ClNO2S2.C9H10N2O5S3/c1-11(2)9-20-14(8-17)18-19-15(20)23(21,22)10-13-5-3-4-12(6-13)7-16;1-8(2)13-14(19(3)12(7-17)18-13)22(20,21)11-5-9(15)4-10(16)6-11;1-8(2)13-14(19(3)12(7-17)18-13)21(20)11-5-9(15)4-10(16)6-11;1-4-18-13(8-15)16-17-14(18)21(19,20)9-12-6-10(2)5-11(3)7-12;1-9-4-10(2)6-11(5-9)8-20(18,19)13-16-15-12(7-14)17(13)3;12-8-1-4-10(5-2-8)17(14,15)11-6-3-9(7-13)16-11;10-5-6-1-2-7(16-6)18(12,13)8-3-4-9(17-8)19(11,14)15/h3-6,11H,8-10,17H2,1-2H3;4-6,8H,7,17H2,1-3H3;4-6,8H,7,17H2,1-3H3;5-7H,4,8-9,15H2,1-3H3;4-6H,7-8,14H2,1-3H3;1-6H,7,13H2;1-4H,5,10H2,(H2,11,14,15). The molecule has 53 heteroatoms. The SMILES string of the molecule is CC(C)Cn1c(CN)nnc1S(=O)(=O)Cc1cccc(C#N)c1.CC(C)c1nc(CN)n(C)c1S(=O)(=O)c1cc(Cl)cc(Cl)c1.CC(C)c1nc(CN)n(C)c1S(=O)c1cc(Cl)cc(Cl)c1.CCn1c(CN)nnc1S(=O)(=O)Cc1cc(C)cc(C)c1.Cc1cc(C)cc(CS(=O)(=O)c2nnc(CN)n2C)c1.NCc1ccc(S(=O)(=O)c2ccc(Cl)cc2)s1.NCc1ccc(S(=O)(=O)c2ccc(S(N)(=O)=O)s2)o1. The number of sulfonamides is 1. The zero-order valence-electron chi connectivity index (χ0n) is 80.1. The van der Waals surface area contributed by atoms with Crippen LogP contribution in [0.2, 0.25) is 25.1 Å². The second-order valence-corrected chi connectivity index (χ2v) is 52.3. The van der Waals surface area contributed by atoms with Gasteiger partial charge >= 0.3 is 0 Å². The van der Waals surface area contributed by atoms with Gasteiger partial charge in [-0.3, -0.25) is 0 Å². The molecule has 0 fully saturated rings. The first kappa shape index (κ1) is 118. The summed E-state index contributed by atoms with van der Waals surface area (Å²) in [6.45, 7) is 23.6. The van der Waals surface area contributed by atoms with Crippen molar-refractivity contribution in [3.05, 3.63) is 278 Å². The van der Waals surface area contributed by atoms with E-state index in [9.17, 15) is 63.1 Å². The molecule has 0 saturated carbocycles. The van der Waals surface area contributed by atoms with Crippen molar-refractivity contribution in [1.82, 2.24) is 63.4 Å². The number of rotatable bonds is 30. The van der Waals surface area contributed by atoms with Crippen LogP contribution in [0.25, 0.3) is 0 Å². The van der Waals surface area contributed by atoms with Crippen molar-refractivity contribution in [2.45, 2.75) is 222 Å². The molecule has 0 bridgehead atoms. The first-order valence-electron chi connectivity index (χ1n) is 43.1. The molecular formula is C90H111Cl5N22O16S10. The van der Waals surface area contributed by atoms with E-state index in [0.29, 0.717) is 118 Å². The fourth-order valence-electron chi connectivity index (χ4n) is 13.9. The van der Waals surface area contributed by atoms with Crippen LogP contribution in [0.4, 0.5) is 0 Å². The molecule has 38 nitrogen and oxygen atoms in total. The lowest BCUT2D eigenvalue weighted by molar-refractivity contribution is 0.416. The van der Waals surface area contributed by atoms with Gasteiger partial charge < -0.3 is 67.4 Å². The normalized spacial score (nSPS) is 12.1. The molecule has 16 N–H and O–H groups in total. The first-order valence-corrected chi connectivity index (χ1v) is 58.7. The van der Waals surface area contributed by atoms with E-state index in [1.807, 2.05) is 126 Å². The number of benzene rings is 6. The summed E-state index contributed by atoms with van der Waals surface area (Å²) >= 11 is 31.3. The smallest absolute Gasteiger partial charge is 0.250 e. The van der Waals surface area contributed by atoms with Crippen LogP contribution >= 0.6 is 80.7 Å². The van der Waals surface area contributed by atoms with E-state index in [4.69, 9.17) is 113 Å². The van der Waals surface area contributed by atoms with Gasteiger partial charge in [-0.2, -0.15) is 5.26 Å². The second kappa shape index (κ2) is 51.1. The van der Waals surface area contributed by atoms with Gasteiger partial charge in [-0.25, -0.2) is 78.2 Å². The summed E-state index contributed by atoms with van der Waals surface area (Å²) in [5.41, 5.74) is 46.7. The number of nitrogens with two attached hydrogens (primary N) is 8. The molecule has 8 aromatic heterocycles. The van der Waals surface area contributed by atoms with Crippen molar-refractivity contribution in [3.63, 3.8) is 0 Å². The fraction of sp³-hybridized carbons (Fsp3) is 0.322. The van der Waals surface area contributed by atoms with Gasteiger partial charge in [0.2, 0.25) is 89.6 Å². The van der Waals surface area contributed by atoms with Crippen molar-refractivity contribution in [2.24, 2.45) is 72.3 Å². The number of sulfone groups is 6. The van der Waals surface area contributed by atoms with E-state index in [1.54, 1.807) is 94.5 Å². The van der Waals surface area contributed by atoms with Crippen LogP contribution in [0.15, 0.2) is 220 Å². The van der Waals surface area contributed by atoms with Crippen molar-refractivity contribution in [3.8, 4) is 6.07 Å². The van der Waals surface area contributed by atoms with E-state index in [0.717, 1.165) is 50.0 Å². The Labute approximate surface area is 868 Å². The number of thiophene rings is 2. The third-order valence-electron chi connectivity index (χ3n) is 20.3. The Morgan fingerprint density at radius 3 is 1.32 bits per heavy atom. The van der Waals surface area contributed by atoms with Gasteiger partial charge in [-0.1, -0.05) is 170 Å². The highest BCUT2D eigenvalue weighted by Crippen LogP contribution is 2.37. The molecule has 14 aromatic rings. The van der Waals surface area contributed by atoms with Gasteiger partial charge in [0, 0.05) is 75.7 Å². The molecular weight excluding hydrogens is 2140 g/mol. The molecule has 0 aliphatic heterocycles. The summed E-state index contributed by atoms with van der Waals surface area (Å²) in [6, 6.07) is 43.6. The summed E-state index contributed by atoms with van der Waals surface area (Å²) in [5.74, 6) is 2.81. The number of aryl methyl sites for hydroxylation is 4. The summed E-state index contributed by atoms with van der Waals surface area (Å²) in [6.07, 6.45) is 0. The third-order valence-corrected chi connectivity index (χ3v) is 37.5. The predicted octanol–water partition coefficient (Wildman–Crippen LogP) is 13.0. The van der Waals surface area contributed by atoms with Crippen LogP contribution in [-0.2, 0) is 177 Å². The Kier molecular flexibility index (Phi) is 42.3. The Hall–Kier alpha value is -9.74. The minimum atomic E-state index is -3.92. The second-order valence-electron chi connectivity index (χ2n) is 32.9. The number of nitriles is 1. The van der Waals surface area contributed by atoms with Gasteiger partial charge in [0.05, 0.1) is 89.3 Å². The Morgan fingerprint density at radius 1 is 0.427 bits per heavy atom. The van der Waals surface area contributed by atoms with Gasteiger partial charge in [0.1, 0.15) is 63.3 Å². The first-order chi connectivity index (χ1) is 66.9. The van der Waals surface area contributed by atoms with Crippen LogP contribution in [0.5, 0.6) is 0 Å². The summed E-state index contributed by atoms with van der Waals surface area (Å²) < 4.78 is 198. The topological polar surface area (TPSA) is 629 Å². The maximum Gasteiger partial charge on any atom is 0.250 e. The lowest BCUT2D eigenvalue weighted by Crippen LogP contribution is -2.18. The van der Waals surface area contributed by atoms with Gasteiger partial charge in [0.25, 0.3) is 0 Å². The number of primary sulfonamides is 1. The highest BCUT2D eigenvalue weighted by Gasteiger charge is 2.34. The third kappa shape index (κ3) is 31.0. The minimum absolute atomic E-state index is 0.00962. The number of furan rings is 1. The van der Waals surface area contributed by atoms with E-state index in [1.165, 1.54) is 69.0 Å². The molecule has 6 aromatic carbocycles. The van der Waals surface area contributed by atoms with Gasteiger partial charge in [0.15, 0.2) is 5.03 Å². The van der Waals surface area contributed by atoms with Crippen molar-refractivity contribution in [2.75, 3.05) is 0 Å².